The molecule has 0 radical (unpaired) electrons. The van der Waals surface area contributed by atoms with Crippen molar-refractivity contribution in [1.29, 1.82) is 0 Å². The first-order chi connectivity index (χ1) is 13.7. The second-order valence-corrected chi connectivity index (χ2v) is 8.32. The van der Waals surface area contributed by atoms with Crippen molar-refractivity contribution in [3.8, 4) is 11.5 Å². The van der Waals surface area contributed by atoms with Gasteiger partial charge in [0, 0.05) is 25.6 Å². The van der Waals surface area contributed by atoms with E-state index in [2.05, 4.69) is 22.3 Å². The highest BCUT2D eigenvalue weighted by atomic mass is 35.5. The predicted octanol–water partition coefficient (Wildman–Crippen LogP) is 4.08. The Balaban J connectivity index is 0.00000300. The van der Waals surface area contributed by atoms with Crippen LogP contribution in [0.25, 0.3) is 0 Å². The number of hydrogen-bond acceptors (Lipinski definition) is 4. The number of nitrogens with zero attached hydrogens (tertiary/aromatic N) is 1. The molecule has 3 rings (SSSR count). The Morgan fingerprint density at radius 3 is 2.14 bits per heavy atom. The van der Waals surface area contributed by atoms with Gasteiger partial charge in [-0.1, -0.05) is 0 Å². The molecule has 0 aromatic heterocycles. The summed E-state index contributed by atoms with van der Waals surface area (Å²) in [7, 11) is 3.38. The van der Waals surface area contributed by atoms with Crippen LogP contribution in [-0.2, 0) is 11.2 Å². The van der Waals surface area contributed by atoms with Gasteiger partial charge in [0.2, 0.25) is 5.91 Å². The van der Waals surface area contributed by atoms with Crippen LogP contribution < -0.4 is 14.8 Å². The fourth-order valence-corrected chi connectivity index (χ4v) is 4.51. The van der Waals surface area contributed by atoms with E-state index in [9.17, 15) is 4.79 Å². The van der Waals surface area contributed by atoms with Gasteiger partial charge in [-0.2, -0.15) is 0 Å². The molecule has 1 N–H and O–H groups in total. The first kappa shape index (κ1) is 23.8. The third kappa shape index (κ3) is 7.38. The number of amides is 1. The number of carbonyl (C=O) groups excluding carboxylic acids is 1. The maximum absolute atomic E-state index is 12.6. The van der Waals surface area contributed by atoms with E-state index in [1.54, 1.807) is 14.2 Å². The number of rotatable bonds is 8. The molecule has 2 aliphatic rings. The fourth-order valence-electron chi connectivity index (χ4n) is 4.51. The van der Waals surface area contributed by atoms with E-state index in [-0.39, 0.29) is 12.4 Å². The number of likely N-dealkylation sites (tertiary alicyclic amines) is 1. The summed E-state index contributed by atoms with van der Waals surface area (Å²) in [6.07, 6.45) is 8.70. The van der Waals surface area contributed by atoms with Gasteiger partial charge in [0.1, 0.15) is 11.5 Å². The standard InChI is InChI=1S/C23H36N2O3.ClH/c1-27-21-15-20(16-22(17-21)28-2)4-3-19-9-13-25(14-10-19)23(26)6-5-18-7-11-24-12-8-18;/h15-19,24H,3-14H2,1-2H3;1H. The van der Waals surface area contributed by atoms with Gasteiger partial charge in [-0.15, -0.1) is 12.4 Å². The average Bonchev–Trinajstić information content (AvgIpc) is 2.76. The molecule has 1 aromatic rings. The van der Waals surface area contributed by atoms with Gasteiger partial charge >= 0.3 is 0 Å². The van der Waals surface area contributed by atoms with Gasteiger partial charge in [-0.3, -0.25) is 4.79 Å². The first-order valence-corrected chi connectivity index (χ1v) is 10.9. The topological polar surface area (TPSA) is 50.8 Å². The van der Waals surface area contributed by atoms with Crippen molar-refractivity contribution in [2.24, 2.45) is 11.8 Å². The summed E-state index contributed by atoms with van der Waals surface area (Å²) >= 11 is 0. The van der Waals surface area contributed by atoms with E-state index >= 15 is 0 Å². The van der Waals surface area contributed by atoms with E-state index in [1.807, 2.05) is 6.07 Å². The highest BCUT2D eigenvalue weighted by molar-refractivity contribution is 5.85. The average molecular weight is 425 g/mol. The summed E-state index contributed by atoms with van der Waals surface area (Å²) in [5.41, 5.74) is 1.26. The molecule has 29 heavy (non-hydrogen) atoms. The van der Waals surface area contributed by atoms with Crippen LogP contribution in [-0.4, -0.2) is 51.2 Å². The molecular formula is C23H37ClN2O3. The molecule has 1 aromatic carbocycles. The molecule has 2 fully saturated rings. The van der Waals surface area contributed by atoms with Crippen LogP contribution in [0.5, 0.6) is 11.5 Å². The van der Waals surface area contributed by atoms with Crippen molar-refractivity contribution in [1.82, 2.24) is 10.2 Å². The first-order valence-electron chi connectivity index (χ1n) is 10.9. The van der Waals surface area contributed by atoms with E-state index in [4.69, 9.17) is 9.47 Å². The Morgan fingerprint density at radius 2 is 1.55 bits per heavy atom. The minimum absolute atomic E-state index is 0. The maximum atomic E-state index is 12.6. The fraction of sp³-hybridized carbons (Fsp3) is 0.696. The van der Waals surface area contributed by atoms with Crippen LogP contribution >= 0.6 is 12.4 Å². The zero-order valence-electron chi connectivity index (χ0n) is 18.0. The lowest BCUT2D eigenvalue weighted by atomic mass is 9.89. The lowest BCUT2D eigenvalue weighted by Gasteiger charge is -2.32. The number of nitrogens with one attached hydrogen (secondary N) is 1. The predicted molar refractivity (Wildman–Crippen MR) is 119 cm³/mol. The normalized spacial score (nSPS) is 18.2. The van der Waals surface area contributed by atoms with Gasteiger partial charge in [-0.05, 0) is 87.6 Å². The van der Waals surface area contributed by atoms with Crippen LogP contribution in [0, 0.1) is 11.8 Å². The van der Waals surface area contributed by atoms with Crippen molar-refractivity contribution >= 4 is 18.3 Å². The summed E-state index contributed by atoms with van der Waals surface area (Å²) in [5.74, 6) is 3.51. The Morgan fingerprint density at radius 1 is 0.966 bits per heavy atom. The number of halogens is 1. The van der Waals surface area contributed by atoms with Gasteiger partial charge in [0.05, 0.1) is 14.2 Å². The Hall–Kier alpha value is -1.46. The van der Waals surface area contributed by atoms with Gasteiger partial charge in [0.25, 0.3) is 0 Å². The van der Waals surface area contributed by atoms with Crippen LogP contribution in [0.15, 0.2) is 18.2 Å². The van der Waals surface area contributed by atoms with Crippen LogP contribution in [0.1, 0.15) is 50.5 Å². The summed E-state index contributed by atoms with van der Waals surface area (Å²) in [6.45, 7) is 4.08. The second-order valence-electron chi connectivity index (χ2n) is 8.32. The highest BCUT2D eigenvalue weighted by Crippen LogP contribution is 2.27. The lowest BCUT2D eigenvalue weighted by molar-refractivity contribution is -0.133. The second kappa shape index (κ2) is 12.3. The third-order valence-electron chi connectivity index (χ3n) is 6.44. The van der Waals surface area contributed by atoms with Gasteiger partial charge < -0.3 is 19.7 Å². The van der Waals surface area contributed by atoms with E-state index in [0.29, 0.717) is 11.8 Å². The monoisotopic (exact) mass is 424 g/mol. The molecule has 0 bridgehead atoms. The number of ether oxygens (including phenoxy) is 2. The number of aryl methyl sites for hydroxylation is 1. The smallest absolute Gasteiger partial charge is 0.222 e. The molecule has 0 unspecified atom stereocenters. The van der Waals surface area contributed by atoms with E-state index < -0.39 is 0 Å². The number of methoxy groups -OCH3 is 2. The van der Waals surface area contributed by atoms with E-state index in [1.165, 1.54) is 18.4 Å². The number of benzene rings is 1. The molecule has 2 saturated heterocycles. The van der Waals surface area contributed by atoms with Crippen molar-refractivity contribution in [3.05, 3.63) is 23.8 Å². The number of carbonyl (C=O) groups is 1. The molecule has 0 spiro atoms. The third-order valence-corrected chi connectivity index (χ3v) is 6.44. The molecular weight excluding hydrogens is 388 g/mol. The largest absolute Gasteiger partial charge is 0.497 e. The quantitative estimate of drug-likeness (QED) is 0.683. The lowest BCUT2D eigenvalue weighted by Crippen LogP contribution is -2.39. The van der Waals surface area contributed by atoms with Crippen LogP contribution in [0.4, 0.5) is 0 Å². The molecule has 0 atom stereocenters. The molecule has 1 amide bonds. The minimum atomic E-state index is 0. The number of piperidine rings is 2. The summed E-state index contributed by atoms with van der Waals surface area (Å²) in [6, 6.07) is 6.11. The maximum Gasteiger partial charge on any atom is 0.222 e. The van der Waals surface area contributed by atoms with Gasteiger partial charge in [-0.25, -0.2) is 0 Å². The number of hydrogen-bond donors (Lipinski definition) is 1. The SMILES string of the molecule is COc1cc(CCC2CCN(C(=O)CCC3CCNCC3)CC2)cc(OC)c1.Cl. The molecule has 0 aliphatic carbocycles. The molecule has 164 valence electrons. The zero-order chi connectivity index (χ0) is 19.8. The van der Waals surface area contributed by atoms with Crippen LogP contribution in [0.3, 0.4) is 0 Å². The van der Waals surface area contributed by atoms with Crippen molar-refractivity contribution in [2.75, 3.05) is 40.4 Å². The minimum Gasteiger partial charge on any atom is -0.497 e. The summed E-state index contributed by atoms with van der Waals surface area (Å²) in [4.78, 5) is 14.7. The van der Waals surface area contributed by atoms with Crippen LogP contribution in [0.2, 0.25) is 0 Å². The molecule has 6 heteroatoms. The van der Waals surface area contributed by atoms with Crippen molar-refractivity contribution in [2.45, 2.75) is 51.4 Å². The highest BCUT2D eigenvalue weighted by Gasteiger charge is 2.23. The summed E-state index contributed by atoms with van der Waals surface area (Å²) in [5, 5.41) is 3.40. The zero-order valence-corrected chi connectivity index (χ0v) is 18.8. The Bertz CT molecular complexity index is 604. The molecule has 2 heterocycles. The Labute approximate surface area is 181 Å². The van der Waals surface area contributed by atoms with E-state index in [0.717, 1.165) is 82.1 Å². The molecule has 2 aliphatic heterocycles. The molecule has 0 saturated carbocycles. The van der Waals surface area contributed by atoms with Crippen molar-refractivity contribution < 1.29 is 14.3 Å². The molecule has 5 nitrogen and oxygen atoms in total. The van der Waals surface area contributed by atoms with Crippen molar-refractivity contribution in [3.63, 3.8) is 0 Å². The van der Waals surface area contributed by atoms with Gasteiger partial charge in [0.15, 0.2) is 0 Å². The summed E-state index contributed by atoms with van der Waals surface area (Å²) < 4.78 is 10.7. The Kier molecular flexibility index (Phi) is 10.1.